The van der Waals surface area contributed by atoms with Crippen LogP contribution in [0.4, 0.5) is 0 Å². The van der Waals surface area contributed by atoms with E-state index in [0.717, 1.165) is 31.8 Å². The number of hydrogen-bond donors (Lipinski definition) is 1. The molecular formula is C13H22O2SSi. The summed E-state index contributed by atoms with van der Waals surface area (Å²) in [5.41, 5.74) is 1.36. The van der Waals surface area contributed by atoms with Crippen molar-refractivity contribution in [2.75, 3.05) is 19.0 Å². The summed E-state index contributed by atoms with van der Waals surface area (Å²) in [5, 5.41) is 1.29. The molecule has 0 aliphatic carbocycles. The van der Waals surface area contributed by atoms with E-state index in [1.165, 1.54) is 10.8 Å². The molecule has 1 aromatic rings. The van der Waals surface area contributed by atoms with Crippen molar-refractivity contribution in [3.63, 3.8) is 0 Å². The zero-order chi connectivity index (χ0) is 12.5. The Bertz CT molecular complexity index is 314. The van der Waals surface area contributed by atoms with Crippen LogP contribution in [0.15, 0.2) is 24.3 Å². The molecule has 0 aliphatic heterocycles. The molecule has 96 valence electrons. The van der Waals surface area contributed by atoms with Crippen LogP contribution in [0.3, 0.4) is 0 Å². The Morgan fingerprint density at radius 2 is 1.76 bits per heavy atom. The van der Waals surface area contributed by atoms with Crippen LogP contribution in [0.2, 0.25) is 0 Å². The zero-order valence-corrected chi connectivity index (χ0v) is 12.7. The predicted octanol–water partition coefficient (Wildman–Crippen LogP) is 2.05. The predicted molar refractivity (Wildman–Crippen MR) is 78.7 cm³/mol. The molecule has 0 amide bonds. The molecule has 0 aromatic heterocycles. The summed E-state index contributed by atoms with van der Waals surface area (Å²) in [6, 6.07) is 8.48. The van der Waals surface area contributed by atoms with Crippen molar-refractivity contribution in [1.82, 2.24) is 0 Å². The van der Waals surface area contributed by atoms with Gasteiger partial charge >= 0.3 is 9.28 Å². The largest absolute Gasteiger partial charge is 0.394 e. The molecule has 1 rings (SSSR count). The molecular weight excluding hydrogens is 248 g/mol. The molecule has 2 nitrogen and oxygen atoms in total. The standard InChI is InChI=1S/C13H22O2SSi/c1-3-14-17(15-4-2)13-10-6-5-8-12(13)9-7-11-16/h5-6,8,10,16-17H,3-4,7,9,11H2,1-2H3. The van der Waals surface area contributed by atoms with Crippen LogP contribution in [0.25, 0.3) is 0 Å². The highest BCUT2D eigenvalue weighted by Gasteiger charge is 2.18. The maximum Gasteiger partial charge on any atom is 0.356 e. The number of rotatable bonds is 8. The molecule has 0 spiro atoms. The molecule has 0 saturated carbocycles. The van der Waals surface area contributed by atoms with Crippen molar-refractivity contribution in [2.45, 2.75) is 26.7 Å². The van der Waals surface area contributed by atoms with Gasteiger partial charge < -0.3 is 8.85 Å². The van der Waals surface area contributed by atoms with Gasteiger partial charge in [0.05, 0.1) is 0 Å². The second-order valence-corrected chi connectivity index (χ2v) is 6.17. The normalized spacial score (nSPS) is 11.1. The van der Waals surface area contributed by atoms with Crippen LogP contribution < -0.4 is 5.19 Å². The number of thiol groups is 1. The van der Waals surface area contributed by atoms with Crippen molar-refractivity contribution in [3.05, 3.63) is 29.8 Å². The highest BCUT2D eigenvalue weighted by atomic mass is 32.1. The summed E-state index contributed by atoms with van der Waals surface area (Å²) in [6.07, 6.45) is 2.16. The van der Waals surface area contributed by atoms with Gasteiger partial charge in [-0.05, 0) is 43.2 Å². The molecule has 17 heavy (non-hydrogen) atoms. The van der Waals surface area contributed by atoms with Gasteiger partial charge in [-0.15, -0.1) is 0 Å². The van der Waals surface area contributed by atoms with Gasteiger partial charge in [-0.25, -0.2) is 0 Å². The summed E-state index contributed by atoms with van der Waals surface area (Å²) >= 11 is 4.27. The molecule has 0 aliphatic rings. The second kappa shape index (κ2) is 8.75. The highest BCUT2D eigenvalue weighted by molar-refractivity contribution is 7.80. The molecule has 0 radical (unpaired) electrons. The zero-order valence-electron chi connectivity index (χ0n) is 10.7. The van der Waals surface area contributed by atoms with E-state index < -0.39 is 9.28 Å². The average molecular weight is 270 g/mol. The fraction of sp³-hybridized carbons (Fsp3) is 0.538. The fourth-order valence-electron chi connectivity index (χ4n) is 1.79. The van der Waals surface area contributed by atoms with Crippen molar-refractivity contribution >= 4 is 27.1 Å². The van der Waals surface area contributed by atoms with E-state index in [1.54, 1.807) is 0 Å². The van der Waals surface area contributed by atoms with Crippen molar-refractivity contribution < 1.29 is 8.85 Å². The average Bonchev–Trinajstić information content (AvgIpc) is 2.36. The van der Waals surface area contributed by atoms with Gasteiger partial charge in [0.15, 0.2) is 0 Å². The summed E-state index contributed by atoms with van der Waals surface area (Å²) in [4.78, 5) is 0. The minimum atomic E-state index is -1.70. The monoisotopic (exact) mass is 270 g/mol. The summed E-state index contributed by atoms with van der Waals surface area (Å²) in [6.45, 7) is 5.49. The maximum absolute atomic E-state index is 5.79. The van der Waals surface area contributed by atoms with Crippen molar-refractivity contribution in [3.8, 4) is 0 Å². The first kappa shape index (κ1) is 14.8. The molecule has 0 unspecified atom stereocenters. The van der Waals surface area contributed by atoms with Crippen LogP contribution in [-0.4, -0.2) is 28.3 Å². The highest BCUT2D eigenvalue weighted by Crippen LogP contribution is 2.05. The molecule has 0 bridgehead atoms. The molecule has 0 fully saturated rings. The van der Waals surface area contributed by atoms with E-state index in [4.69, 9.17) is 8.85 Å². The Morgan fingerprint density at radius 3 is 2.35 bits per heavy atom. The first-order valence-corrected chi connectivity index (χ1v) is 8.40. The molecule has 0 N–H and O–H groups in total. The summed E-state index contributed by atoms with van der Waals surface area (Å²) in [7, 11) is -1.70. The first-order chi connectivity index (χ1) is 8.33. The van der Waals surface area contributed by atoms with Crippen LogP contribution in [-0.2, 0) is 15.3 Å². The lowest BCUT2D eigenvalue weighted by molar-refractivity contribution is 0.225. The molecule has 0 heterocycles. The maximum atomic E-state index is 5.79. The van der Waals surface area contributed by atoms with Crippen molar-refractivity contribution in [1.29, 1.82) is 0 Å². The van der Waals surface area contributed by atoms with Gasteiger partial charge in [-0.1, -0.05) is 24.3 Å². The van der Waals surface area contributed by atoms with Gasteiger partial charge in [-0.3, -0.25) is 0 Å². The fourth-order valence-corrected chi connectivity index (χ4v) is 3.82. The smallest absolute Gasteiger partial charge is 0.356 e. The molecule has 4 heteroatoms. The molecule has 1 aromatic carbocycles. The number of aryl methyl sites for hydroxylation is 1. The minimum Gasteiger partial charge on any atom is -0.394 e. The second-order valence-electron chi connectivity index (χ2n) is 3.77. The lowest BCUT2D eigenvalue weighted by atomic mass is 10.1. The van der Waals surface area contributed by atoms with E-state index in [9.17, 15) is 0 Å². The third kappa shape index (κ3) is 4.83. The van der Waals surface area contributed by atoms with E-state index in [2.05, 4.69) is 36.9 Å². The third-order valence-electron chi connectivity index (χ3n) is 2.55. The van der Waals surface area contributed by atoms with Crippen LogP contribution in [0.5, 0.6) is 0 Å². The topological polar surface area (TPSA) is 18.5 Å². The molecule has 0 atom stereocenters. The van der Waals surface area contributed by atoms with Gasteiger partial charge in [0.25, 0.3) is 0 Å². The van der Waals surface area contributed by atoms with Gasteiger partial charge in [0.1, 0.15) is 0 Å². The van der Waals surface area contributed by atoms with Crippen LogP contribution in [0.1, 0.15) is 25.8 Å². The Balaban J connectivity index is 2.83. The Hall–Kier alpha value is -0.293. The lowest BCUT2D eigenvalue weighted by Gasteiger charge is -2.18. The van der Waals surface area contributed by atoms with Crippen LogP contribution in [0, 0.1) is 0 Å². The quantitative estimate of drug-likeness (QED) is 0.576. The Kier molecular flexibility index (Phi) is 7.60. The lowest BCUT2D eigenvalue weighted by Crippen LogP contribution is -2.39. The minimum absolute atomic E-state index is 0.720. The first-order valence-electron chi connectivity index (χ1n) is 6.25. The number of benzene rings is 1. The van der Waals surface area contributed by atoms with E-state index in [0.29, 0.717) is 0 Å². The summed E-state index contributed by atoms with van der Waals surface area (Å²) < 4.78 is 11.6. The SMILES string of the molecule is CCO[SiH](OCC)c1ccccc1CCCS. The van der Waals surface area contributed by atoms with Gasteiger partial charge in [0.2, 0.25) is 0 Å². The van der Waals surface area contributed by atoms with Gasteiger partial charge in [0, 0.05) is 13.2 Å². The Morgan fingerprint density at radius 1 is 1.12 bits per heavy atom. The van der Waals surface area contributed by atoms with E-state index in [1.807, 2.05) is 13.8 Å². The number of hydrogen-bond acceptors (Lipinski definition) is 3. The van der Waals surface area contributed by atoms with Gasteiger partial charge in [-0.2, -0.15) is 12.6 Å². The Labute approximate surface area is 112 Å². The third-order valence-corrected chi connectivity index (χ3v) is 5.21. The van der Waals surface area contributed by atoms with Crippen LogP contribution >= 0.6 is 12.6 Å². The molecule has 0 saturated heterocycles. The van der Waals surface area contributed by atoms with E-state index >= 15 is 0 Å². The summed E-state index contributed by atoms with van der Waals surface area (Å²) in [5.74, 6) is 0.920. The van der Waals surface area contributed by atoms with E-state index in [-0.39, 0.29) is 0 Å². The van der Waals surface area contributed by atoms with Crippen molar-refractivity contribution in [2.24, 2.45) is 0 Å².